The molecule has 0 fully saturated rings. The number of hydrogen-bond donors (Lipinski definition) is 1. The van der Waals surface area contributed by atoms with Crippen molar-refractivity contribution in [3.05, 3.63) is 89.5 Å². The lowest BCUT2D eigenvalue weighted by Crippen LogP contribution is -2.01. The van der Waals surface area contributed by atoms with Gasteiger partial charge in [0.25, 0.3) is 0 Å². The summed E-state index contributed by atoms with van der Waals surface area (Å²) in [5.74, 6) is 1.74. The van der Waals surface area contributed by atoms with Crippen LogP contribution in [0, 0.1) is 6.92 Å². The molecule has 3 aromatic rings. The van der Waals surface area contributed by atoms with Gasteiger partial charge in [-0.1, -0.05) is 36.4 Å². The van der Waals surface area contributed by atoms with Gasteiger partial charge >= 0.3 is 0 Å². The number of rotatable bonds is 7. The third kappa shape index (κ3) is 4.77. The van der Waals surface area contributed by atoms with Gasteiger partial charge in [-0.25, -0.2) is 0 Å². The second-order valence-corrected chi connectivity index (χ2v) is 5.94. The fourth-order valence-corrected chi connectivity index (χ4v) is 2.59. The van der Waals surface area contributed by atoms with E-state index in [1.54, 1.807) is 7.11 Å². The van der Waals surface area contributed by atoms with Crippen molar-refractivity contribution in [2.45, 2.75) is 20.1 Å². The molecule has 0 atom stereocenters. The zero-order valence-electron chi connectivity index (χ0n) is 14.7. The summed E-state index contributed by atoms with van der Waals surface area (Å²) in [6.45, 7) is 3.43. The Morgan fingerprint density at radius 2 is 1.64 bits per heavy atom. The summed E-state index contributed by atoms with van der Waals surface area (Å²) in [5, 5.41) is 3.41. The van der Waals surface area contributed by atoms with E-state index in [1.807, 2.05) is 48.5 Å². The van der Waals surface area contributed by atoms with Gasteiger partial charge in [-0.05, 0) is 60.0 Å². The molecule has 0 saturated carbocycles. The molecule has 0 aromatic heterocycles. The molecule has 0 bridgehead atoms. The topological polar surface area (TPSA) is 30.5 Å². The minimum Gasteiger partial charge on any atom is -0.497 e. The number of benzene rings is 3. The molecule has 0 radical (unpaired) electrons. The van der Waals surface area contributed by atoms with Crippen LogP contribution in [0.5, 0.6) is 11.5 Å². The van der Waals surface area contributed by atoms with Gasteiger partial charge in [0, 0.05) is 12.2 Å². The smallest absolute Gasteiger partial charge is 0.120 e. The molecule has 3 heteroatoms. The third-order valence-corrected chi connectivity index (χ3v) is 4.14. The molecular formula is C22H23NO2. The molecule has 3 rings (SSSR count). The van der Waals surface area contributed by atoms with Gasteiger partial charge in [0.1, 0.15) is 18.1 Å². The van der Waals surface area contributed by atoms with Crippen molar-refractivity contribution in [1.29, 1.82) is 0 Å². The van der Waals surface area contributed by atoms with Crippen molar-refractivity contribution in [2.24, 2.45) is 0 Å². The van der Waals surface area contributed by atoms with Crippen molar-refractivity contribution in [3.8, 4) is 11.5 Å². The monoisotopic (exact) mass is 333 g/mol. The van der Waals surface area contributed by atoms with E-state index < -0.39 is 0 Å². The first kappa shape index (κ1) is 16.9. The van der Waals surface area contributed by atoms with E-state index in [1.165, 1.54) is 16.7 Å². The van der Waals surface area contributed by atoms with Crippen LogP contribution in [0.15, 0.2) is 72.8 Å². The second kappa shape index (κ2) is 8.25. The maximum Gasteiger partial charge on any atom is 0.120 e. The maximum absolute atomic E-state index is 5.95. The van der Waals surface area contributed by atoms with E-state index in [2.05, 4.69) is 36.5 Å². The number of aryl methyl sites for hydroxylation is 1. The van der Waals surface area contributed by atoms with Gasteiger partial charge in [-0.15, -0.1) is 0 Å². The Balaban J connectivity index is 1.58. The predicted molar refractivity (Wildman–Crippen MR) is 102 cm³/mol. The molecule has 3 aromatic carbocycles. The molecule has 1 N–H and O–H groups in total. The van der Waals surface area contributed by atoms with E-state index in [9.17, 15) is 0 Å². The van der Waals surface area contributed by atoms with E-state index in [-0.39, 0.29) is 0 Å². The second-order valence-electron chi connectivity index (χ2n) is 5.94. The SMILES string of the molecule is COc1ccc(NCc2cccc(OCc3ccccc3C)c2)cc1. The van der Waals surface area contributed by atoms with Gasteiger partial charge in [0.2, 0.25) is 0 Å². The molecule has 0 aliphatic rings. The Morgan fingerprint density at radius 3 is 2.40 bits per heavy atom. The van der Waals surface area contributed by atoms with Gasteiger partial charge < -0.3 is 14.8 Å². The molecule has 25 heavy (non-hydrogen) atoms. The van der Waals surface area contributed by atoms with Crippen LogP contribution in [0.25, 0.3) is 0 Å². The Hall–Kier alpha value is -2.94. The maximum atomic E-state index is 5.95. The number of nitrogens with one attached hydrogen (secondary N) is 1. The highest BCUT2D eigenvalue weighted by molar-refractivity contribution is 5.47. The van der Waals surface area contributed by atoms with E-state index in [0.717, 1.165) is 23.7 Å². The lowest BCUT2D eigenvalue weighted by molar-refractivity contribution is 0.305. The highest BCUT2D eigenvalue weighted by atomic mass is 16.5. The normalized spacial score (nSPS) is 10.3. The van der Waals surface area contributed by atoms with Crippen LogP contribution in [0.2, 0.25) is 0 Å². The van der Waals surface area contributed by atoms with Crippen molar-refractivity contribution in [1.82, 2.24) is 0 Å². The zero-order chi connectivity index (χ0) is 17.5. The molecule has 0 saturated heterocycles. The molecule has 0 heterocycles. The highest BCUT2D eigenvalue weighted by Crippen LogP contribution is 2.19. The van der Waals surface area contributed by atoms with Gasteiger partial charge in [-0.2, -0.15) is 0 Å². The van der Waals surface area contributed by atoms with Crippen LogP contribution in [-0.4, -0.2) is 7.11 Å². The molecule has 0 aliphatic carbocycles. The average molecular weight is 333 g/mol. The summed E-state index contributed by atoms with van der Waals surface area (Å²) in [6.07, 6.45) is 0. The minimum absolute atomic E-state index is 0.585. The van der Waals surface area contributed by atoms with E-state index >= 15 is 0 Å². The molecule has 128 valence electrons. The van der Waals surface area contributed by atoms with Gasteiger partial charge in [-0.3, -0.25) is 0 Å². The quantitative estimate of drug-likeness (QED) is 0.645. The van der Waals surface area contributed by atoms with Gasteiger partial charge in [0.05, 0.1) is 7.11 Å². The van der Waals surface area contributed by atoms with Crippen LogP contribution in [0.1, 0.15) is 16.7 Å². The van der Waals surface area contributed by atoms with Gasteiger partial charge in [0.15, 0.2) is 0 Å². The van der Waals surface area contributed by atoms with Crippen LogP contribution in [0.3, 0.4) is 0 Å². The molecule has 0 spiro atoms. The van der Waals surface area contributed by atoms with Crippen molar-refractivity contribution >= 4 is 5.69 Å². The Bertz CT molecular complexity index is 812. The largest absolute Gasteiger partial charge is 0.497 e. The summed E-state index contributed by atoms with van der Waals surface area (Å²) in [4.78, 5) is 0. The molecule has 0 unspecified atom stereocenters. The van der Waals surface area contributed by atoms with Crippen molar-refractivity contribution in [2.75, 3.05) is 12.4 Å². The van der Waals surface area contributed by atoms with Crippen LogP contribution < -0.4 is 14.8 Å². The van der Waals surface area contributed by atoms with Crippen LogP contribution in [-0.2, 0) is 13.2 Å². The fourth-order valence-electron chi connectivity index (χ4n) is 2.59. The molecule has 3 nitrogen and oxygen atoms in total. The predicted octanol–water partition coefficient (Wildman–Crippen LogP) is 5.19. The number of methoxy groups -OCH3 is 1. The summed E-state index contributed by atoms with van der Waals surface area (Å²) >= 11 is 0. The molecule has 0 aliphatic heterocycles. The average Bonchev–Trinajstić information content (AvgIpc) is 2.66. The first-order valence-corrected chi connectivity index (χ1v) is 8.39. The Kier molecular flexibility index (Phi) is 5.57. The first-order valence-electron chi connectivity index (χ1n) is 8.39. The Morgan fingerprint density at radius 1 is 0.840 bits per heavy atom. The van der Waals surface area contributed by atoms with E-state index in [0.29, 0.717) is 6.61 Å². The summed E-state index contributed by atoms with van der Waals surface area (Å²) in [5.41, 5.74) is 4.70. The summed E-state index contributed by atoms with van der Waals surface area (Å²) in [7, 11) is 1.67. The fraction of sp³-hybridized carbons (Fsp3) is 0.182. The lowest BCUT2D eigenvalue weighted by atomic mass is 10.1. The van der Waals surface area contributed by atoms with Crippen molar-refractivity contribution < 1.29 is 9.47 Å². The highest BCUT2D eigenvalue weighted by Gasteiger charge is 2.01. The lowest BCUT2D eigenvalue weighted by Gasteiger charge is -2.11. The van der Waals surface area contributed by atoms with Crippen molar-refractivity contribution in [3.63, 3.8) is 0 Å². The number of hydrogen-bond acceptors (Lipinski definition) is 3. The Labute approximate surface area is 149 Å². The third-order valence-electron chi connectivity index (χ3n) is 4.14. The molecule has 0 amide bonds. The minimum atomic E-state index is 0.585. The summed E-state index contributed by atoms with van der Waals surface area (Å²) < 4.78 is 11.1. The zero-order valence-corrected chi connectivity index (χ0v) is 14.7. The van der Waals surface area contributed by atoms with E-state index in [4.69, 9.17) is 9.47 Å². The number of anilines is 1. The van der Waals surface area contributed by atoms with Crippen LogP contribution >= 0.6 is 0 Å². The standard InChI is InChI=1S/C22H23NO2/c1-17-6-3-4-8-19(17)16-25-22-9-5-7-18(14-22)15-23-20-10-12-21(24-2)13-11-20/h3-14,23H,15-16H2,1-2H3. The number of ether oxygens (including phenoxy) is 2. The first-order chi connectivity index (χ1) is 12.2. The molecular weight excluding hydrogens is 310 g/mol. The van der Waals surface area contributed by atoms with Crippen LogP contribution in [0.4, 0.5) is 5.69 Å². The summed E-state index contributed by atoms with van der Waals surface area (Å²) in [6, 6.07) is 24.4.